The summed E-state index contributed by atoms with van der Waals surface area (Å²) in [4.78, 5) is 6.58. The van der Waals surface area contributed by atoms with E-state index in [0.717, 1.165) is 28.9 Å². The summed E-state index contributed by atoms with van der Waals surface area (Å²) in [5.41, 5.74) is 2.17. The van der Waals surface area contributed by atoms with Crippen LogP contribution in [0.3, 0.4) is 0 Å². The van der Waals surface area contributed by atoms with Crippen LogP contribution in [-0.2, 0) is 0 Å². The monoisotopic (exact) mass is 296 g/mol. The van der Waals surface area contributed by atoms with Gasteiger partial charge in [-0.3, -0.25) is 0 Å². The van der Waals surface area contributed by atoms with Gasteiger partial charge in [0.15, 0.2) is 5.82 Å². The lowest BCUT2D eigenvalue weighted by Gasteiger charge is -2.16. The first-order valence-corrected chi connectivity index (χ1v) is 6.87. The quantitative estimate of drug-likeness (QED) is 0.814. The Morgan fingerprint density at radius 2 is 2.24 bits per heavy atom. The Morgan fingerprint density at radius 3 is 2.88 bits per heavy atom. The molecule has 0 aliphatic carbocycles. The van der Waals surface area contributed by atoms with Crippen molar-refractivity contribution in [1.29, 1.82) is 0 Å². The second-order valence-electron chi connectivity index (χ2n) is 4.42. The Kier molecular flexibility index (Phi) is 3.66. The first kappa shape index (κ1) is 12.4. The molecule has 2 rings (SSSR count). The fraction of sp³-hybridized carbons (Fsp3) is 0.500. The summed E-state index contributed by atoms with van der Waals surface area (Å²) in [6.45, 7) is 5.23. The van der Waals surface area contributed by atoms with E-state index in [1.165, 1.54) is 0 Å². The molecule has 0 atom stereocenters. The zero-order chi connectivity index (χ0) is 12.4. The molecular formula is C12H17BrN4. The average Bonchev–Trinajstić information content (AvgIpc) is 2.72. The number of hydrogen-bond donors (Lipinski definition) is 0. The average molecular weight is 297 g/mol. The van der Waals surface area contributed by atoms with Crippen molar-refractivity contribution < 1.29 is 0 Å². The third-order valence-electron chi connectivity index (χ3n) is 2.76. The van der Waals surface area contributed by atoms with Crippen LogP contribution in [-0.4, -0.2) is 33.5 Å². The molecule has 92 valence electrons. The van der Waals surface area contributed by atoms with Gasteiger partial charge in [0.1, 0.15) is 5.52 Å². The van der Waals surface area contributed by atoms with E-state index in [1.807, 2.05) is 17.8 Å². The minimum atomic E-state index is 0.434. The summed E-state index contributed by atoms with van der Waals surface area (Å²) >= 11 is 3.45. The Bertz CT molecular complexity index is 506. The van der Waals surface area contributed by atoms with Crippen molar-refractivity contribution in [2.45, 2.75) is 19.8 Å². The van der Waals surface area contributed by atoms with Crippen molar-refractivity contribution in [3.63, 3.8) is 0 Å². The van der Waals surface area contributed by atoms with Crippen LogP contribution in [0.25, 0.3) is 5.52 Å². The molecule has 0 N–H and O–H groups in total. The molecule has 17 heavy (non-hydrogen) atoms. The molecule has 0 spiro atoms. The van der Waals surface area contributed by atoms with Gasteiger partial charge in [-0.15, -0.1) is 0 Å². The van der Waals surface area contributed by atoms with Crippen molar-refractivity contribution in [2.24, 2.45) is 0 Å². The van der Waals surface area contributed by atoms with Gasteiger partial charge in [-0.1, -0.05) is 29.8 Å². The summed E-state index contributed by atoms with van der Waals surface area (Å²) < 4.78 is 1.91. The normalized spacial score (nSPS) is 11.4. The van der Waals surface area contributed by atoms with Crippen molar-refractivity contribution in [3.05, 3.63) is 24.2 Å². The number of nitrogens with zero attached hydrogens (tertiary/aromatic N) is 4. The highest BCUT2D eigenvalue weighted by Crippen LogP contribution is 2.21. The van der Waals surface area contributed by atoms with E-state index in [0.29, 0.717) is 5.92 Å². The summed E-state index contributed by atoms with van der Waals surface area (Å²) in [6, 6.07) is 2.12. The topological polar surface area (TPSA) is 33.4 Å². The summed E-state index contributed by atoms with van der Waals surface area (Å²) in [6.07, 6.45) is 3.69. The molecule has 0 fully saturated rings. The van der Waals surface area contributed by atoms with Gasteiger partial charge in [-0.2, -0.15) is 5.10 Å². The van der Waals surface area contributed by atoms with Crippen LogP contribution >= 0.6 is 15.9 Å². The molecule has 0 aliphatic rings. The number of aromatic nitrogens is 3. The highest BCUT2D eigenvalue weighted by atomic mass is 79.9. The second-order valence-corrected chi connectivity index (χ2v) is 5.21. The molecule has 2 aromatic heterocycles. The van der Waals surface area contributed by atoms with Crippen LogP contribution < -0.4 is 4.90 Å². The molecule has 0 bridgehead atoms. The SMILES string of the molecule is CC(C)c1cc2c(N(C)CCBr)nccn2n1. The molecule has 0 saturated heterocycles. The first-order chi connectivity index (χ1) is 8.13. The predicted molar refractivity (Wildman–Crippen MR) is 74.1 cm³/mol. The number of halogens is 1. The van der Waals surface area contributed by atoms with E-state index < -0.39 is 0 Å². The van der Waals surface area contributed by atoms with Crippen LogP contribution in [0.4, 0.5) is 5.82 Å². The van der Waals surface area contributed by atoms with Crippen LogP contribution in [0.1, 0.15) is 25.5 Å². The fourth-order valence-corrected chi connectivity index (χ4v) is 2.27. The molecule has 0 amide bonds. The van der Waals surface area contributed by atoms with Crippen molar-refractivity contribution >= 4 is 27.3 Å². The molecule has 2 aromatic rings. The lowest BCUT2D eigenvalue weighted by Crippen LogP contribution is -2.21. The molecule has 0 saturated carbocycles. The Morgan fingerprint density at radius 1 is 1.47 bits per heavy atom. The van der Waals surface area contributed by atoms with Crippen molar-refractivity contribution in [3.8, 4) is 0 Å². The van der Waals surface area contributed by atoms with Crippen LogP contribution in [0.15, 0.2) is 18.5 Å². The summed E-state index contributed by atoms with van der Waals surface area (Å²) in [5, 5.41) is 5.48. The fourth-order valence-electron chi connectivity index (χ4n) is 1.74. The van der Waals surface area contributed by atoms with E-state index in [1.54, 1.807) is 6.20 Å². The molecular weight excluding hydrogens is 280 g/mol. The highest BCUT2D eigenvalue weighted by molar-refractivity contribution is 9.09. The van der Waals surface area contributed by atoms with Gasteiger partial charge >= 0.3 is 0 Å². The van der Waals surface area contributed by atoms with Crippen LogP contribution in [0.2, 0.25) is 0 Å². The zero-order valence-electron chi connectivity index (χ0n) is 10.4. The van der Waals surface area contributed by atoms with Crippen LogP contribution in [0.5, 0.6) is 0 Å². The van der Waals surface area contributed by atoms with Gasteiger partial charge in [0.25, 0.3) is 0 Å². The maximum atomic E-state index is 4.55. The van der Waals surface area contributed by atoms with E-state index >= 15 is 0 Å². The van der Waals surface area contributed by atoms with Gasteiger partial charge in [-0.05, 0) is 12.0 Å². The molecule has 2 heterocycles. The van der Waals surface area contributed by atoms with Crippen molar-refractivity contribution in [1.82, 2.24) is 14.6 Å². The highest BCUT2D eigenvalue weighted by Gasteiger charge is 2.12. The minimum absolute atomic E-state index is 0.434. The molecule has 0 radical (unpaired) electrons. The van der Waals surface area contributed by atoms with E-state index in [2.05, 4.69) is 50.8 Å². The first-order valence-electron chi connectivity index (χ1n) is 5.75. The molecule has 4 nitrogen and oxygen atoms in total. The molecule has 0 unspecified atom stereocenters. The molecule has 0 aromatic carbocycles. The van der Waals surface area contributed by atoms with Gasteiger partial charge in [0.2, 0.25) is 0 Å². The lowest BCUT2D eigenvalue weighted by molar-refractivity contribution is 0.785. The van der Waals surface area contributed by atoms with E-state index in [9.17, 15) is 0 Å². The number of alkyl halides is 1. The maximum absolute atomic E-state index is 4.55. The largest absolute Gasteiger partial charge is 0.357 e. The third kappa shape index (κ3) is 2.44. The smallest absolute Gasteiger partial charge is 0.154 e. The minimum Gasteiger partial charge on any atom is -0.357 e. The number of anilines is 1. The summed E-state index contributed by atoms with van der Waals surface area (Å²) in [5.74, 6) is 1.41. The van der Waals surface area contributed by atoms with Gasteiger partial charge in [0.05, 0.1) is 5.69 Å². The van der Waals surface area contributed by atoms with Gasteiger partial charge < -0.3 is 4.90 Å². The van der Waals surface area contributed by atoms with Gasteiger partial charge in [-0.25, -0.2) is 9.50 Å². The van der Waals surface area contributed by atoms with E-state index in [4.69, 9.17) is 0 Å². The number of fused-ring (bicyclic) bond motifs is 1. The third-order valence-corrected chi connectivity index (χ3v) is 3.12. The number of hydrogen-bond acceptors (Lipinski definition) is 3. The Labute approximate surface area is 110 Å². The van der Waals surface area contributed by atoms with Gasteiger partial charge in [0, 0.05) is 31.3 Å². The lowest BCUT2D eigenvalue weighted by atomic mass is 10.1. The van der Waals surface area contributed by atoms with Crippen LogP contribution in [0, 0.1) is 0 Å². The van der Waals surface area contributed by atoms with E-state index in [-0.39, 0.29) is 0 Å². The zero-order valence-corrected chi connectivity index (χ0v) is 12.0. The number of rotatable bonds is 4. The summed E-state index contributed by atoms with van der Waals surface area (Å²) in [7, 11) is 2.05. The molecule has 5 heteroatoms. The predicted octanol–water partition coefficient (Wildman–Crippen LogP) is 2.68. The maximum Gasteiger partial charge on any atom is 0.154 e. The Hall–Kier alpha value is -1.10. The Balaban J connectivity index is 2.49. The molecule has 0 aliphatic heterocycles. The standard InChI is InChI=1S/C12H17BrN4/c1-9(2)10-8-11-12(16(3)6-4-13)14-5-7-17(11)15-10/h5,7-9H,4,6H2,1-3H3. The van der Waals surface area contributed by atoms with Crippen molar-refractivity contribution in [2.75, 3.05) is 23.8 Å². The second kappa shape index (κ2) is 5.04.